The maximum absolute atomic E-state index is 10.4. The van der Waals surface area contributed by atoms with Gasteiger partial charge in [-0.3, -0.25) is 0 Å². The van der Waals surface area contributed by atoms with Crippen LogP contribution in [-0.2, 0) is 9.53 Å². The fourth-order valence-corrected chi connectivity index (χ4v) is 0.612. The first kappa shape index (κ1) is 10.4. The molecule has 0 saturated carbocycles. The summed E-state index contributed by atoms with van der Waals surface area (Å²) in [6.07, 6.45) is 0.0925. The largest absolute Gasteiger partial charge is 0.479 e. The van der Waals surface area contributed by atoms with Gasteiger partial charge in [-0.1, -0.05) is 6.92 Å². The summed E-state index contributed by atoms with van der Waals surface area (Å²) in [6.45, 7) is 7.27. The maximum Gasteiger partial charge on any atom is 0.332 e. The molecule has 0 radical (unpaired) electrons. The summed E-state index contributed by atoms with van der Waals surface area (Å²) in [5, 5.41) is 8.52. The van der Waals surface area contributed by atoms with Gasteiger partial charge < -0.3 is 9.84 Å². The molecule has 3 nitrogen and oxygen atoms in total. The highest BCUT2D eigenvalue weighted by molar-refractivity contribution is 5.71. The van der Waals surface area contributed by atoms with Gasteiger partial charge in [-0.2, -0.15) is 0 Å². The Bertz CT molecular complexity index is 140. The van der Waals surface area contributed by atoms with Gasteiger partial charge in [-0.05, 0) is 27.2 Å². The fraction of sp³-hybridized carbons (Fsp3) is 0.875. The average Bonchev–Trinajstić information content (AvgIpc) is 1.87. The SMILES string of the molecule is CCC(C)(C)O[C@H](C)C(=O)O. The van der Waals surface area contributed by atoms with Gasteiger partial charge in [0.25, 0.3) is 0 Å². The Morgan fingerprint density at radius 3 is 2.36 bits per heavy atom. The van der Waals surface area contributed by atoms with Crippen LogP contribution in [0.15, 0.2) is 0 Å². The third-order valence-corrected chi connectivity index (χ3v) is 1.70. The van der Waals surface area contributed by atoms with E-state index in [0.29, 0.717) is 0 Å². The summed E-state index contributed by atoms with van der Waals surface area (Å²) in [5.41, 5.74) is -0.336. The van der Waals surface area contributed by atoms with E-state index in [1.54, 1.807) is 6.92 Å². The molecule has 3 heteroatoms. The molecule has 0 aliphatic heterocycles. The van der Waals surface area contributed by atoms with Crippen molar-refractivity contribution >= 4 is 5.97 Å². The molecule has 0 amide bonds. The van der Waals surface area contributed by atoms with Crippen molar-refractivity contribution in [2.24, 2.45) is 0 Å². The van der Waals surface area contributed by atoms with Gasteiger partial charge in [0.2, 0.25) is 0 Å². The van der Waals surface area contributed by atoms with Crippen molar-refractivity contribution in [3.63, 3.8) is 0 Å². The van der Waals surface area contributed by atoms with Gasteiger partial charge in [0.1, 0.15) is 0 Å². The first-order valence-corrected chi connectivity index (χ1v) is 3.79. The van der Waals surface area contributed by atoms with Crippen molar-refractivity contribution < 1.29 is 14.6 Å². The molecule has 0 spiro atoms. The predicted molar refractivity (Wildman–Crippen MR) is 42.6 cm³/mol. The standard InChI is InChI=1S/C8H16O3/c1-5-8(3,4)11-6(2)7(9)10/h6H,5H2,1-4H3,(H,9,10)/t6-/m1/s1. The highest BCUT2D eigenvalue weighted by Gasteiger charge is 2.22. The summed E-state index contributed by atoms with van der Waals surface area (Å²) in [6, 6.07) is 0. The van der Waals surface area contributed by atoms with Gasteiger partial charge in [-0.15, -0.1) is 0 Å². The minimum absolute atomic E-state index is 0.336. The number of hydrogen-bond donors (Lipinski definition) is 1. The summed E-state index contributed by atoms with van der Waals surface area (Å²) in [7, 11) is 0. The molecular formula is C8H16O3. The van der Waals surface area contributed by atoms with Crippen LogP contribution in [0.4, 0.5) is 0 Å². The molecule has 0 fully saturated rings. The van der Waals surface area contributed by atoms with Gasteiger partial charge >= 0.3 is 5.97 Å². The average molecular weight is 160 g/mol. The fourth-order valence-electron chi connectivity index (χ4n) is 0.612. The van der Waals surface area contributed by atoms with Crippen molar-refractivity contribution in [1.29, 1.82) is 0 Å². The summed E-state index contributed by atoms with van der Waals surface area (Å²) >= 11 is 0. The molecule has 0 aromatic rings. The molecule has 0 unspecified atom stereocenters. The lowest BCUT2D eigenvalue weighted by Crippen LogP contribution is -2.32. The van der Waals surface area contributed by atoms with Crippen LogP contribution in [0.3, 0.4) is 0 Å². The Kier molecular flexibility index (Phi) is 3.52. The number of hydrogen-bond acceptors (Lipinski definition) is 2. The molecule has 0 saturated heterocycles. The van der Waals surface area contributed by atoms with Crippen LogP contribution >= 0.6 is 0 Å². The van der Waals surface area contributed by atoms with Crippen LogP contribution in [0.1, 0.15) is 34.1 Å². The van der Waals surface area contributed by atoms with Gasteiger partial charge in [-0.25, -0.2) is 4.79 Å². The van der Waals surface area contributed by atoms with Crippen LogP contribution in [0.2, 0.25) is 0 Å². The highest BCUT2D eigenvalue weighted by Crippen LogP contribution is 2.15. The number of carbonyl (C=O) groups is 1. The van der Waals surface area contributed by atoms with E-state index < -0.39 is 12.1 Å². The third kappa shape index (κ3) is 3.98. The minimum Gasteiger partial charge on any atom is -0.479 e. The topological polar surface area (TPSA) is 46.5 Å². The van der Waals surface area contributed by atoms with Gasteiger partial charge in [0.15, 0.2) is 6.10 Å². The second-order valence-corrected chi connectivity index (χ2v) is 3.21. The molecule has 66 valence electrons. The lowest BCUT2D eigenvalue weighted by atomic mass is 10.1. The summed E-state index contributed by atoms with van der Waals surface area (Å²) in [4.78, 5) is 10.4. The molecule has 0 heterocycles. The van der Waals surface area contributed by atoms with Crippen molar-refractivity contribution in [3.8, 4) is 0 Å². The van der Waals surface area contributed by atoms with E-state index in [1.807, 2.05) is 20.8 Å². The van der Waals surface area contributed by atoms with Crippen LogP contribution in [-0.4, -0.2) is 22.8 Å². The van der Waals surface area contributed by atoms with Crippen molar-refractivity contribution in [1.82, 2.24) is 0 Å². The Labute approximate surface area is 67.4 Å². The number of carboxylic acids is 1. The summed E-state index contributed by atoms with van der Waals surface area (Å²) in [5.74, 6) is -0.911. The van der Waals surface area contributed by atoms with E-state index in [4.69, 9.17) is 9.84 Å². The number of ether oxygens (including phenoxy) is 1. The van der Waals surface area contributed by atoms with E-state index in [2.05, 4.69) is 0 Å². The van der Waals surface area contributed by atoms with Crippen LogP contribution in [0.5, 0.6) is 0 Å². The van der Waals surface area contributed by atoms with E-state index in [0.717, 1.165) is 6.42 Å². The number of rotatable bonds is 4. The van der Waals surface area contributed by atoms with Crippen LogP contribution in [0.25, 0.3) is 0 Å². The number of carboxylic acid groups (broad SMARTS) is 1. The van der Waals surface area contributed by atoms with Gasteiger partial charge in [0.05, 0.1) is 5.60 Å². The molecule has 0 aromatic carbocycles. The van der Waals surface area contributed by atoms with Gasteiger partial charge in [0, 0.05) is 0 Å². The molecule has 0 rings (SSSR count). The smallest absolute Gasteiger partial charge is 0.332 e. The van der Waals surface area contributed by atoms with E-state index in [-0.39, 0.29) is 5.60 Å². The summed E-state index contributed by atoms with van der Waals surface area (Å²) < 4.78 is 5.25. The quantitative estimate of drug-likeness (QED) is 0.680. The Morgan fingerprint density at radius 1 is 1.64 bits per heavy atom. The molecular weight excluding hydrogens is 144 g/mol. The van der Waals surface area contributed by atoms with Crippen LogP contribution < -0.4 is 0 Å². The minimum atomic E-state index is -0.911. The van der Waals surface area contributed by atoms with Crippen molar-refractivity contribution in [2.45, 2.75) is 45.8 Å². The van der Waals surface area contributed by atoms with Crippen molar-refractivity contribution in [2.75, 3.05) is 0 Å². The molecule has 0 bridgehead atoms. The molecule has 0 aromatic heterocycles. The monoisotopic (exact) mass is 160 g/mol. The van der Waals surface area contributed by atoms with Crippen LogP contribution in [0, 0.1) is 0 Å². The van der Waals surface area contributed by atoms with E-state index in [1.165, 1.54) is 0 Å². The van der Waals surface area contributed by atoms with E-state index in [9.17, 15) is 4.79 Å². The lowest BCUT2D eigenvalue weighted by Gasteiger charge is -2.25. The molecule has 11 heavy (non-hydrogen) atoms. The molecule has 0 aliphatic carbocycles. The van der Waals surface area contributed by atoms with E-state index >= 15 is 0 Å². The second kappa shape index (κ2) is 3.72. The Morgan fingerprint density at radius 2 is 2.09 bits per heavy atom. The Hall–Kier alpha value is -0.570. The zero-order chi connectivity index (χ0) is 9.07. The molecule has 1 N–H and O–H groups in total. The maximum atomic E-state index is 10.4. The predicted octanol–water partition coefficient (Wildman–Crippen LogP) is 1.66. The lowest BCUT2D eigenvalue weighted by molar-refractivity contribution is -0.159. The normalized spacial score (nSPS) is 14.5. The first-order valence-electron chi connectivity index (χ1n) is 3.79. The second-order valence-electron chi connectivity index (χ2n) is 3.21. The molecule has 0 aliphatic rings. The zero-order valence-corrected chi connectivity index (χ0v) is 7.55. The highest BCUT2D eigenvalue weighted by atomic mass is 16.5. The Balaban J connectivity index is 3.93. The zero-order valence-electron chi connectivity index (χ0n) is 7.55. The third-order valence-electron chi connectivity index (χ3n) is 1.70. The first-order chi connectivity index (χ1) is 4.89. The number of aliphatic carboxylic acids is 1. The molecule has 1 atom stereocenters. The van der Waals surface area contributed by atoms with Crippen molar-refractivity contribution in [3.05, 3.63) is 0 Å².